The molecule has 0 bridgehead atoms. The summed E-state index contributed by atoms with van der Waals surface area (Å²) in [6.45, 7) is 0. The molecule has 2 N–H and O–H groups in total. The Labute approximate surface area is 185 Å². The first-order chi connectivity index (χ1) is 15.7. The van der Waals surface area contributed by atoms with Crippen molar-refractivity contribution >= 4 is 12.1 Å². The zero-order valence-electron chi connectivity index (χ0n) is 17.4. The van der Waals surface area contributed by atoms with Gasteiger partial charge < -0.3 is 9.84 Å². The van der Waals surface area contributed by atoms with Gasteiger partial charge in [0.05, 0.1) is 19.0 Å². The third-order valence-corrected chi connectivity index (χ3v) is 4.87. The van der Waals surface area contributed by atoms with E-state index in [9.17, 15) is 9.90 Å². The number of carbonyl (C=O) groups excluding carboxylic acids is 1. The monoisotopic (exact) mass is 426 g/mol. The van der Waals surface area contributed by atoms with Crippen molar-refractivity contribution in [3.05, 3.63) is 102 Å². The number of rotatable bonds is 7. The molecule has 7 heteroatoms. The van der Waals surface area contributed by atoms with E-state index in [1.165, 1.54) is 6.21 Å². The summed E-state index contributed by atoms with van der Waals surface area (Å²) in [6.07, 6.45) is 2.04. The second-order valence-corrected chi connectivity index (χ2v) is 6.99. The number of amides is 1. The highest BCUT2D eigenvalue weighted by Gasteiger charge is 2.16. The molecule has 1 heterocycles. The fraction of sp³-hybridized carbons (Fsp3) is 0.0800. The van der Waals surface area contributed by atoms with Crippen LogP contribution in [0.4, 0.5) is 0 Å². The highest BCUT2D eigenvalue weighted by atomic mass is 16.5. The summed E-state index contributed by atoms with van der Waals surface area (Å²) < 4.78 is 6.99. The zero-order valence-corrected chi connectivity index (χ0v) is 17.4. The molecule has 0 fully saturated rings. The van der Waals surface area contributed by atoms with Crippen LogP contribution in [0.2, 0.25) is 0 Å². The molecule has 0 spiro atoms. The standard InChI is InChI=1S/C25H22N4O3/c1-32-22-14-12-18(13-15-22)23-20(17-29(28-23)21-10-6-3-7-11-21)16-26-27-25(31)24(30)19-8-4-2-5-9-19/h2-17,24,30H,1H3,(H,27,31). The van der Waals surface area contributed by atoms with Crippen LogP contribution < -0.4 is 10.2 Å². The van der Waals surface area contributed by atoms with Gasteiger partial charge in [-0.3, -0.25) is 4.79 Å². The fourth-order valence-electron chi connectivity index (χ4n) is 3.18. The molecule has 4 rings (SSSR count). The molecule has 7 nitrogen and oxygen atoms in total. The number of hydrogen-bond donors (Lipinski definition) is 2. The Bertz CT molecular complexity index is 1200. The number of carbonyl (C=O) groups is 1. The summed E-state index contributed by atoms with van der Waals surface area (Å²) in [5, 5.41) is 19.0. The number of hydrogen-bond acceptors (Lipinski definition) is 5. The Morgan fingerprint density at radius 2 is 1.69 bits per heavy atom. The van der Waals surface area contributed by atoms with Crippen molar-refractivity contribution in [3.8, 4) is 22.7 Å². The summed E-state index contributed by atoms with van der Waals surface area (Å²) in [5.74, 6) is 0.127. The number of hydrazone groups is 1. The van der Waals surface area contributed by atoms with Crippen LogP contribution in [0.25, 0.3) is 16.9 Å². The maximum absolute atomic E-state index is 12.3. The van der Waals surface area contributed by atoms with E-state index in [4.69, 9.17) is 9.84 Å². The minimum absolute atomic E-state index is 0.496. The smallest absolute Gasteiger partial charge is 0.273 e. The van der Waals surface area contributed by atoms with Gasteiger partial charge in [-0.15, -0.1) is 0 Å². The molecular weight excluding hydrogens is 404 g/mol. The van der Waals surface area contributed by atoms with Gasteiger partial charge in [0.15, 0.2) is 6.10 Å². The van der Waals surface area contributed by atoms with Crippen LogP contribution in [0, 0.1) is 0 Å². The Hall–Kier alpha value is -4.23. The number of methoxy groups -OCH3 is 1. The van der Waals surface area contributed by atoms with E-state index < -0.39 is 12.0 Å². The van der Waals surface area contributed by atoms with Crippen LogP contribution in [-0.4, -0.2) is 34.1 Å². The van der Waals surface area contributed by atoms with E-state index in [0.29, 0.717) is 16.8 Å². The van der Waals surface area contributed by atoms with Gasteiger partial charge in [-0.25, -0.2) is 10.1 Å². The molecular formula is C25H22N4O3. The van der Waals surface area contributed by atoms with Crippen LogP contribution >= 0.6 is 0 Å². The highest BCUT2D eigenvalue weighted by molar-refractivity contribution is 5.90. The number of nitrogens with one attached hydrogen (secondary N) is 1. The molecule has 160 valence electrons. The van der Waals surface area contributed by atoms with Crippen molar-refractivity contribution in [1.29, 1.82) is 0 Å². The van der Waals surface area contributed by atoms with Crippen LogP contribution in [0.15, 0.2) is 96.2 Å². The number of nitrogens with zero attached hydrogens (tertiary/aromatic N) is 3. The van der Waals surface area contributed by atoms with Gasteiger partial charge in [0.25, 0.3) is 5.91 Å². The van der Waals surface area contributed by atoms with E-state index in [2.05, 4.69) is 10.5 Å². The maximum Gasteiger partial charge on any atom is 0.273 e. The molecule has 3 aromatic carbocycles. The largest absolute Gasteiger partial charge is 0.497 e. The third kappa shape index (κ3) is 4.74. The summed E-state index contributed by atoms with van der Waals surface area (Å²) in [5.41, 5.74) is 6.06. The SMILES string of the molecule is COc1ccc(-c2nn(-c3ccccc3)cc2C=NNC(=O)C(O)c2ccccc2)cc1. The average Bonchev–Trinajstić information content (AvgIpc) is 3.29. The van der Waals surface area contributed by atoms with E-state index in [1.807, 2.05) is 66.9 Å². The fourth-order valence-corrected chi connectivity index (χ4v) is 3.18. The molecule has 4 aromatic rings. The molecule has 32 heavy (non-hydrogen) atoms. The lowest BCUT2D eigenvalue weighted by Crippen LogP contribution is -2.25. The van der Waals surface area contributed by atoms with Crippen LogP contribution in [0.1, 0.15) is 17.2 Å². The second-order valence-electron chi connectivity index (χ2n) is 6.99. The van der Waals surface area contributed by atoms with Gasteiger partial charge in [0.2, 0.25) is 0 Å². The first kappa shape index (κ1) is 21.0. The number of aliphatic hydroxyl groups is 1. The third-order valence-electron chi connectivity index (χ3n) is 4.87. The number of aromatic nitrogens is 2. The van der Waals surface area contributed by atoms with Gasteiger partial charge in [0, 0.05) is 17.3 Å². The van der Waals surface area contributed by atoms with Crippen LogP contribution in [0.3, 0.4) is 0 Å². The number of ether oxygens (including phenoxy) is 1. The summed E-state index contributed by atoms with van der Waals surface area (Å²) in [4.78, 5) is 12.3. The minimum Gasteiger partial charge on any atom is -0.497 e. The molecule has 0 radical (unpaired) electrons. The van der Waals surface area contributed by atoms with Crippen molar-refractivity contribution in [1.82, 2.24) is 15.2 Å². The topological polar surface area (TPSA) is 88.7 Å². The highest BCUT2D eigenvalue weighted by Crippen LogP contribution is 2.25. The molecule has 0 saturated heterocycles. The van der Waals surface area contributed by atoms with Gasteiger partial charge in [-0.1, -0.05) is 48.5 Å². The number of aliphatic hydroxyl groups excluding tert-OH is 1. The van der Waals surface area contributed by atoms with Crippen molar-refractivity contribution in [2.45, 2.75) is 6.10 Å². The molecule has 1 amide bonds. The normalized spacial score (nSPS) is 11.9. The molecule has 1 unspecified atom stereocenters. The van der Waals surface area contributed by atoms with Crippen molar-refractivity contribution in [3.63, 3.8) is 0 Å². The molecule has 0 aliphatic rings. The van der Waals surface area contributed by atoms with Gasteiger partial charge >= 0.3 is 0 Å². The summed E-state index contributed by atoms with van der Waals surface area (Å²) in [6, 6.07) is 25.9. The van der Waals surface area contributed by atoms with Crippen LogP contribution in [-0.2, 0) is 4.79 Å². The average molecular weight is 426 g/mol. The second kappa shape index (κ2) is 9.72. The molecule has 0 aliphatic heterocycles. The Balaban J connectivity index is 1.60. The van der Waals surface area contributed by atoms with Crippen LogP contribution in [0.5, 0.6) is 5.75 Å². The summed E-state index contributed by atoms with van der Waals surface area (Å²) >= 11 is 0. The lowest BCUT2D eigenvalue weighted by molar-refractivity contribution is -0.129. The summed E-state index contributed by atoms with van der Waals surface area (Å²) in [7, 11) is 1.61. The molecule has 1 atom stereocenters. The van der Waals surface area contributed by atoms with E-state index in [1.54, 1.807) is 36.1 Å². The maximum atomic E-state index is 12.3. The van der Waals surface area contributed by atoms with Crippen molar-refractivity contribution in [2.24, 2.45) is 5.10 Å². The quantitative estimate of drug-likeness (QED) is 0.348. The number of benzene rings is 3. The van der Waals surface area contributed by atoms with E-state index in [-0.39, 0.29) is 0 Å². The number of para-hydroxylation sites is 1. The first-order valence-electron chi connectivity index (χ1n) is 10.0. The van der Waals surface area contributed by atoms with Gasteiger partial charge in [-0.2, -0.15) is 10.2 Å². The van der Waals surface area contributed by atoms with Gasteiger partial charge in [-0.05, 0) is 42.0 Å². The first-order valence-corrected chi connectivity index (χ1v) is 10.0. The lowest BCUT2D eigenvalue weighted by atomic mass is 10.1. The van der Waals surface area contributed by atoms with E-state index >= 15 is 0 Å². The van der Waals surface area contributed by atoms with Gasteiger partial charge in [0.1, 0.15) is 11.4 Å². The van der Waals surface area contributed by atoms with E-state index in [0.717, 1.165) is 17.0 Å². The van der Waals surface area contributed by atoms with Crippen molar-refractivity contribution < 1.29 is 14.6 Å². The molecule has 0 saturated carbocycles. The lowest BCUT2D eigenvalue weighted by Gasteiger charge is -2.08. The minimum atomic E-state index is -1.30. The molecule has 0 aliphatic carbocycles. The Morgan fingerprint density at radius 3 is 2.34 bits per heavy atom. The zero-order chi connectivity index (χ0) is 22.3. The Morgan fingerprint density at radius 1 is 1.03 bits per heavy atom. The predicted octanol–water partition coefficient (Wildman–Crippen LogP) is 3.73. The predicted molar refractivity (Wildman–Crippen MR) is 123 cm³/mol. The Kier molecular flexibility index (Phi) is 6.38. The molecule has 1 aromatic heterocycles. The van der Waals surface area contributed by atoms with Crippen molar-refractivity contribution in [2.75, 3.05) is 7.11 Å².